The molecular formula is C27H27N3O3. The monoisotopic (exact) mass is 441 g/mol. The minimum Gasteiger partial charge on any atom is -0.319 e. The number of rotatable bonds is 5. The zero-order valence-corrected chi connectivity index (χ0v) is 19.1. The van der Waals surface area contributed by atoms with Crippen LogP contribution in [0.1, 0.15) is 51.8 Å². The molecule has 2 aromatic carbocycles. The highest BCUT2D eigenvalue weighted by Crippen LogP contribution is 2.30. The summed E-state index contributed by atoms with van der Waals surface area (Å²) in [5.74, 6) is -0.671. The average molecular weight is 442 g/mol. The number of nitrogens with one attached hydrogen (secondary N) is 1. The number of carbonyl (C=O) groups excluding carboxylic acids is 3. The van der Waals surface area contributed by atoms with E-state index >= 15 is 0 Å². The van der Waals surface area contributed by atoms with E-state index in [1.165, 1.54) is 17.5 Å². The van der Waals surface area contributed by atoms with E-state index in [2.05, 4.69) is 28.1 Å². The van der Waals surface area contributed by atoms with E-state index in [9.17, 15) is 14.4 Å². The molecule has 1 N–H and O–H groups in total. The molecule has 3 amide bonds. The molecule has 6 heteroatoms. The quantitative estimate of drug-likeness (QED) is 0.476. The summed E-state index contributed by atoms with van der Waals surface area (Å²) in [6.45, 7) is 5.26. The first kappa shape index (κ1) is 21.2. The summed E-state index contributed by atoms with van der Waals surface area (Å²) in [6.07, 6.45) is 3.39. The van der Waals surface area contributed by atoms with Gasteiger partial charge in [-0.1, -0.05) is 36.4 Å². The van der Waals surface area contributed by atoms with Crippen molar-refractivity contribution < 1.29 is 14.4 Å². The molecule has 1 saturated heterocycles. The number of hydrogen-bond acceptors (Lipinski definition) is 3. The lowest BCUT2D eigenvalue weighted by atomic mass is 9.92. The van der Waals surface area contributed by atoms with Gasteiger partial charge in [0.2, 0.25) is 0 Å². The number of urea groups is 1. The van der Waals surface area contributed by atoms with Crippen molar-refractivity contribution in [3.8, 4) is 5.69 Å². The molecule has 1 aliphatic carbocycles. The molecule has 6 nitrogen and oxygen atoms in total. The lowest BCUT2D eigenvalue weighted by Gasteiger charge is -2.22. The molecule has 168 valence electrons. The van der Waals surface area contributed by atoms with Crippen LogP contribution in [0.25, 0.3) is 5.69 Å². The largest absolute Gasteiger partial charge is 0.325 e. The molecule has 0 radical (unpaired) electrons. The second kappa shape index (κ2) is 7.73. The van der Waals surface area contributed by atoms with Gasteiger partial charge in [0.05, 0.1) is 6.54 Å². The van der Waals surface area contributed by atoms with Crippen LogP contribution in [0, 0.1) is 13.8 Å². The molecule has 3 aromatic rings. The molecule has 2 aliphatic rings. The van der Waals surface area contributed by atoms with Gasteiger partial charge in [0.25, 0.3) is 5.91 Å². The lowest BCUT2D eigenvalue weighted by molar-refractivity contribution is -0.130. The van der Waals surface area contributed by atoms with Crippen molar-refractivity contribution in [1.29, 1.82) is 0 Å². The van der Waals surface area contributed by atoms with Gasteiger partial charge in [-0.15, -0.1) is 0 Å². The molecular weight excluding hydrogens is 414 g/mol. The van der Waals surface area contributed by atoms with Gasteiger partial charge in [0.15, 0.2) is 5.78 Å². The van der Waals surface area contributed by atoms with Crippen LogP contribution in [-0.2, 0) is 23.2 Å². The van der Waals surface area contributed by atoms with E-state index in [-0.39, 0.29) is 12.3 Å². The fourth-order valence-corrected chi connectivity index (χ4v) is 5.18. The number of benzene rings is 2. The molecule has 1 fully saturated rings. The summed E-state index contributed by atoms with van der Waals surface area (Å²) in [5, 5.41) is 2.76. The Kier molecular flexibility index (Phi) is 4.96. The Labute approximate surface area is 193 Å². The van der Waals surface area contributed by atoms with Crippen LogP contribution in [0.4, 0.5) is 4.79 Å². The average Bonchev–Trinajstić information content (AvgIpc) is 3.45. The van der Waals surface area contributed by atoms with Crippen LogP contribution in [-0.4, -0.2) is 33.7 Å². The first-order valence-corrected chi connectivity index (χ1v) is 11.3. The highest BCUT2D eigenvalue weighted by Gasteiger charge is 2.49. The van der Waals surface area contributed by atoms with Crippen molar-refractivity contribution in [3.05, 3.63) is 88.2 Å². The minimum absolute atomic E-state index is 0.253. The van der Waals surface area contributed by atoms with Gasteiger partial charge < -0.3 is 9.88 Å². The maximum atomic E-state index is 13.3. The Morgan fingerprint density at radius 3 is 2.48 bits per heavy atom. The van der Waals surface area contributed by atoms with Crippen LogP contribution in [0.3, 0.4) is 0 Å². The summed E-state index contributed by atoms with van der Waals surface area (Å²) < 4.78 is 2.08. The highest BCUT2D eigenvalue weighted by atomic mass is 16.2. The summed E-state index contributed by atoms with van der Waals surface area (Å²) in [6, 6.07) is 16.9. The number of aromatic nitrogens is 1. The first-order chi connectivity index (χ1) is 15.8. The van der Waals surface area contributed by atoms with E-state index < -0.39 is 17.5 Å². The smallest absolute Gasteiger partial charge is 0.319 e. The highest BCUT2D eigenvalue weighted by molar-refractivity contribution is 6.11. The normalized spacial score (nSPS) is 19.7. The standard InChI is InChI=1S/C27H27N3O3/c1-17-14-23(18(2)30(17)22-13-12-19-8-7-9-20(19)15-22)24(31)16-29-25(32)27(3,28-26(29)33)21-10-5-4-6-11-21/h4-6,10-15H,7-9,16H2,1-3H3,(H,28,33). The molecule has 33 heavy (non-hydrogen) atoms. The van der Waals surface area contributed by atoms with Crippen molar-refractivity contribution in [2.75, 3.05) is 6.54 Å². The zero-order chi connectivity index (χ0) is 23.3. The lowest BCUT2D eigenvalue weighted by Crippen LogP contribution is -2.41. The number of nitrogens with zero attached hydrogens (tertiary/aromatic N) is 2. The summed E-state index contributed by atoms with van der Waals surface area (Å²) >= 11 is 0. The maximum Gasteiger partial charge on any atom is 0.325 e. The molecule has 1 atom stereocenters. The Balaban J connectivity index is 1.41. The minimum atomic E-state index is -1.18. The third kappa shape index (κ3) is 3.37. The number of hydrogen-bond donors (Lipinski definition) is 1. The molecule has 5 rings (SSSR count). The van der Waals surface area contributed by atoms with Gasteiger partial charge >= 0.3 is 6.03 Å². The van der Waals surface area contributed by atoms with Gasteiger partial charge in [-0.25, -0.2) is 4.79 Å². The number of aryl methyl sites for hydroxylation is 3. The Morgan fingerprint density at radius 2 is 1.73 bits per heavy atom. The van der Waals surface area contributed by atoms with Crippen LogP contribution < -0.4 is 5.32 Å². The number of imide groups is 1. The van der Waals surface area contributed by atoms with Gasteiger partial charge in [-0.05, 0) is 74.9 Å². The summed E-state index contributed by atoms with van der Waals surface area (Å²) in [5.41, 5.74) is 5.60. The summed E-state index contributed by atoms with van der Waals surface area (Å²) in [4.78, 5) is 40.1. The van der Waals surface area contributed by atoms with Gasteiger partial charge in [-0.2, -0.15) is 0 Å². The van der Waals surface area contributed by atoms with Crippen molar-refractivity contribution >= 4 is 17.7 Å². The SMILES string of the molecule is Cc1cc(C(=O)CN2C(=O)NC(C)(c3ccccc3)C2=O)c(C)n1-c1ccc2c(c1)CCC2. The predicted octanol–water partition coefficient (Wildman–Crippen LogP) is 4.23. The van der Waals surface area contributed by atoms with Crippen LogP contribution in [0.15, 0.2) is 54.6 Å². The van der Waals surface area contributed by atoms with E-state index in [4.69, 9.17) is 0 Å². The Bertz CT molecular complexity index is 1290. The van der Waals surface area contributed by atoms with E-state index in [1.807, 2.05) is 38.1 Å². The molecule has 0 bridgehead atoms. The zero-order valence-electron chi connectivity index (χ0n) is 19.1. The molecule has 1 aromatic heterocycles. The van der Waals surface area contributed by atoms with Gasteiger partial charge in [0.1, 0.15) is 5.54 Å². The van der Waals surface area contributed by atoms with Gasteiger partial charge in [-0.3, -0.25) is 14.5 Å². The molecule has 1 aliphatic heterocycles. The topological polar surface area (TPSA) is 71.4 Å². The van der Waals surface area contributed by atoms with Crippen molar-refractivity contribution in [2.24, 2.45) is 0 Å². The molecule has 1 unspecified atom stereocenters. The van der Waals surface area contributed by atoms with Crippen molar-refractivity contribution in [2.45, 2.75) is 45.6 Å². The van der Waals surface area contributed by atoms with E-state index in [0.29, 0.717) is 11.1 Å². The maximum absolute atomic E-state index is 13.3. The number of Topliss-reactive ketones (excluding diaryl/α,β-unsaturated/α-hetero) is 1. The number of amides is 3. The van der Waals surface area contributed by atoms with Crippen LogP contribution >= 0.6 is 0 Å². The van der Waals surface area contributed by atoms with Crippen molar-refractivity contribution in [3.63, 3.8) is 0 Å². The summed E-state index contributed by atoms with van der Waals surface area (Å²) in [7, 11) is 0. The van der Waals surface area contributed by atoms with Gasteiger partial charge in [0, 0.05) is 22.6 Å². The fraction of sp³-hybridized carbons (Fsp3) is 0.296. The van der Waals surface area contributed by atoms with Crippen molar-refractivity contribution in [1.82, 2.24) is 14.8 Å². The Morgan fingerprint density at radius 1 is 1.00 bits per heavy atom. The number of fused-ring (bicyclic) bond motifs is 1. The third-order valence-electron chi connectivity index (χ3n) is 7.00. The molecule has 0 spiro atoms. The second-order valence-corrected chi connectivity index (χ2v) is 9.16. The van der Waals surface area contributed by atoms with E-state index in [1.54, 1.807) is 19.1 Å². The predicted molar refractivity (Wildman–Crippen MR) is 126 cm³/mol. The number of ketones is 1. The molecule has 2 heterocycles. The van der Waals surface area contributed by atoms with Crippen LogP contribution in [0.2, 0.25) is 0 Å². The third-order valence-corrected chi connectivity index (χ3v) is 7.00. The number of carbonyl (C=O) groups is 3. The van der Waals surface area contributed by atoms with Crippen LogP contribution in [0.5, 0.6) is 0 Å². The fourth-order valence-electron chi connectivity index (χ4n) is 5.18. The van der Waals surface area contributed by atoms with E-state index in [0.717, 1.165) is 34.8 Å². The second-order valence-electron chi connectivity index (χ2n) is 9.16. The Hall–Kier alpha value is -3.67. The first-order valence-electron chi connectivity index (χ1n) is 11.3. The molecule has 0 saturated carbocycles.